The Morgan fingerprint density at radius 1 is 1.15 bits per heavy atom. The Hall–Kier alpha value is -2.25. The molecule has 1 N–H and O–H groups in total. The summed E-state index contributed by atoms with van der Waals surface area (Å²) in [5, 5.41) is 2.86. The maximum atomic E-state index is 12.2. The molecule has 8 heteroatoms. The third kappa shape index (κ3) is 4.89. The quantitative estimate of drug-likeness (QED) is 0.678. The van der Waals surface area contributed by atoms with Crippen LogP contribution in [0.4, 0.5) is 5.69 Å². The number of aryl methyl sites for hydroxylation is 1. The minimum atomic E-state index is -0.699. The van der Waals surface area contributed by atoms with Gasteiger partial charge < -0.3 is 19.5 Å². The van der Waals surface area contributed by atoms with Crippen LogP contribution >= 0.6 is 27.5 Å². The third-order valence-corrected chi connectivity index (χ3v) is 4.62. The van der Waals surface area contributed by atoms with Gasteiger partial charge in [-0.2, -0.15) is 0 Å². The Bertz CT molecular complexity index is 841. The van der Waals surface area contributed by atoms with Gasteiger partial charge in [-0.05, 0) is 42.8 Å². The van der Waals surface area contributed by atoms with Crippen molar-refractivity contribution in [1.29, 1.82) is 0 Å². The SMILES string of the molecule is COc1cc(C(=O)OCC(=O)Nc2ccc(Br)c(C)c2)cc(Cl)c1OC. The molecule has 0 atom stereocenters. The van der Waals surface area contributed by atoms with Crippen molar-refractivity contribution >= 4 is 45.1 Å². The predicted molar refractivity (Wildman–Crippen MR) is 102 cm³/mol. The Kier molecular flexibility index (Phi) is 6.88. The van der Waals surface area contributed by atoms with E-state index in [1.165, 1.54) is 26.4 Å². The zero-order valence-electron chi connectivity index (χ0n) is 14.4. The molecule has 0 unspecified atom stereocenters. The van der Waals surface area contributed by atoms with Crippen molar-refractivity contribution in [2.45, 2.75) is 6.92 Å². The lowest BCUT2D eigenvalue weighted by Gasteiger charge is -2.12. The van der Waals surface area contributed by atoms with Crippen LogP contribution in [0, 0.1) is 6.92 Å². The molecule has 138 valence electrons. The number of benzene rings is 2. The topological polar surface area (TPSA) is 73.9 Å². The summed E-state index contributed by atoms with van der Waals surface area (Å²) >= 11 is 9.45. The first kappa shape index (κ1) is 20.1. The molecule has 0 radical (unpaired) electrons. The number of esters is 1. The van der Waals surface area contributed by atoms with Gasteiger partial charge in [-0.25, -0.2) is 4.79 Å². The van der Waals surface area contributed by atoms with Crippen molar-refractivity contribution in [2.24, 2.45) is 0 Å². The molecule has 0 spiro atoms. The fraction of sp³-hybridized carbons (Fsp3) is 0.222. The van der Waals surface area contributed by atoms with Gasteiger partial charge in [0.25, 0.3) is 5.91 Å². The normalized spacial score (nSPS) is 10.2. The van der Waals surface area contributed by atoms with Gasteiger partial charge in [0, 0.05) is 10.2 Å². The second kappa shape index (κ2) is 8.91. The molecule has 1 amide bonds. The minimum Gasteiger partial charge on any atom is -0.493 e. The summed E-state index contributed by atoms with van der Waals surface area (Å²) in [4.78, 5) is 24.1. The van der Waals surface area contributed by atoms with Crippen LogP contribution in [-0.4, -0.2) is 32.7 Å². The molecule has 0 heterocycles. The van der Waals surface area contributed by atoms with E-state index >= 15 is 0 Å². The highest BCUT2D eigenvalue weighted by Gasteiger charge is 2.17. The molecule has 6 nitrogen and oxygen atoms in total. The van der Waals surface area contributed by atoms with Gasteiger partial charge in [-0.3, -0.25) is 4.79 Å². The van der Waals surface area contributed by atoms with Crippen LogP contribution in [0.15, 0.2) is 34.8 Å². The van der Waals surface area contributed by atoms with E-state index in [1.807, 2.05) is 13.0 Å². The highest BCUT2D eigenvalue weighted by molar-refractivity contribution is 9.10. The lowest BCUT2D eigenvalue weighted by atomic mass is 10.2. The molecule has 0 aliphatic heterocycles. The van der Waals surface area contributed by atoms with Gasteiger partial charge >= 0.3 is 5.97 Å². The number of hydrogen-bond donors (Lipinski definition) is 1. The minimum absolute atomic E-state index is 0.153. The van der Waals surface area contributed by atoms with Crippen molar-refractivity contribution in [3.8, 4) is 11.5 Å². The fourth-order valence-electron chi connectivity index (χ4n) is 2.17. The van der Waals surface area contributed by atoms with Gasteiger partial charge in [0.05, 0.1) is 24.8 Å². The second-order valence-electron chi connectivity index (χ2n) is 5.28. The molecule has 0 aliphatic rings. The van der Waals surface area contributed by atoms with E-state index in [0.717, 1.165) is 10.0 Å². The Morgan fingerprint density at radius 3 is 2.50 bits per heavy atom. The van der Waals surface area contributed by atoms with Crippen molar-refractivity contribution in [1.82, 2.24) is 0 Å². The number of carbonyl (C=O) groups is 2. The number of anilines is 1. The first-order valence-corrected chi connectivity index (χ1v) is 8.67. The number of methoxy groups -OCH3 is 2. The summed E-state index contributed by atoms with van der Waals surface area (Å²) in [5.41, 5.74) is 1.74. The number of ether oxygens (including phenoxy) is 3. The van der Waals surface area contributed by atoms with Crippen LogP contribution in [0.5, 0.6) is 11.5 Å². The van der Waals surface area contributed by atoms with Crippen LogP contribution in [0.2, 0.25) is 5.02 Å². The molecule has 2 rings (SSSR count). The highest BCUT2D eigenvalue weighted by atomic mass is 79.9. The van der Waals surface area contributed by atoms with E-state index < -0.39 is 18.5 Å². The lowest BCUT2D eigenvalue weighted by molar-refractivity contribution is -0.119. The van der Waals surface area contributed by atoms with Gasteiger partial charge in [-0.15, -0.1) is 0 Å². The zero-order valence-corrected chi connectivity index (χ0v) is 16.7. The number of rotatable bonds is 6. The summed E-state index contributed by atoms with van der Waals surface area (Å²) in [6.07, 6.45) is 0. The van der Waals surface area contributed by atoms with Gasteiger partial charge in [-0.1, -0.05) is 27.5 Å². The van der Waals surface area contributed by atoms with Crippen molar-refractivity contribution < 1.29 is 23.8 Å². The monoisotopic (exact) mass is 441 g/mol. The van der Waals surface area contributed by atoms with Gasteiger partial charge in [0.1, 0.15) is 0 Å². The van der Waals surface area contributed by atoms with Crippen molar-refractivity contribution in [2.75, 3.05) is 26.1 Å². The molecular weight excluding hydrogens is 426 g/mol. The largest absolute Gasteiger partial charge is 0.493 e. The highest BCUT2D eigenvalue weighted by Crippen LogP contribution is 2.36. The van der Waals surface area contributed by atoms with Crippen LogP contribution in [0.3, 0.4) is 0 Å². The zero-order chi connectivity index (χ0) is 19.3. The number of hydrogen-bond acceptors (Lipinski definition) is 5. The van der Waals surface area contributed by atoms with Crippen LogP contribution in [-0.2, 0) is 9.53 Å². The molecule has 0 saturated heterocycles. The molecule has 0 aromatic heterocycles. The van der Waals surface area contributed by atoms with Crippen LogP contribution in [0.25, 0.3) is 0 Å². The molecule has 2 aromatic carbocycles. The second-order valence-corrected chi connectivity index (χ2v) is 6.54. The van der Waals surface area contributed by atoms with Gasteiger partial charge in [0.2, 0.25) is 0 Å². The van der Waals surface area contributed by atoms with E-state index in [4.69, 9.17) is 25.8 Å². The Labute approximate surface area is 164 Å². The summed E-state index contributed by atoms with van der Waals surface area (Å²) < 4.78 is 16.2. The average molecular weight is 443 g/mol. The molecule has 2 aromatic rings. The summed E-state index contributed by atoms with van der Waals surface area (Å²) in [6, 6.07) is 8.19. The smallest absolute Gasteiger partial charge is 0.338 e. The standard InChI is InChI=1S/C18H17BrClNO5/c1-10-6-12(4-5-13(10)19)21-16(22)9-26-18(23)11-7-14(20)17(25-3)15(8-11)24-2/h4-8H,9H2,1-3H3,(H,21,22). The van der Waals surface area contributed by atoms with Crippen LogP contribution in [0.1, 0.15) is 15.9 Å². The Morgan fingerprint density at radius 2 is 1.88 bits per heavy atom. The number of carbonyl (C=O) groups excluding carboxylic acids is 2. The van der Waals surface area contributed by atoms with Crippen molar-refractivity contribution in [3.63, 3.8) is 0 Å². The molecule has 0 aliphatic carbocycles. The molecule has 26 heavy (non-hydrogen) atoms. The fourth-order valence-corrected chi connectivity index (χ4v) is 2.70. The summed E-state index contributed by atoms with van der Waals surface area (Å²) in [5.74, 6) is -0.544. The molecule has 0 bridgehead atoms. The lowest BCUT2D eigenvalue weighted by Crippen LogP contribution is -2.21. The first-order valence-electron chi connectivity index (χ1n) is 7.50. The Balaban J connectivity index is 2.00. The maximum Gasteiger partial charge on any atom is 0.338 e. The van der Waals surface area contributed by atoms with Crippen LogP contribution < -0.4 is 14.8 Å². The van der Waals surface area contributed by atoms with E-state index in [2.05, 4.69) is 21.2 Å². The molecule has 0 fully saturated rings. The number of amides is 1. The third-order valence-electron chi connectivity index (χ3n) is 3.45. The maximum absolute atomic E-state index is 12.2. The van der Waals surface area contributed by atoms with E-state index in [0.29, 0.717) is 17.2 Å². The van der Waals surface area contributed by atoms with Gasteiger partial charge in [0.15, 0.2) is 18.1 Å². The molecule has 0 saturated carbocycles. The van der Waals surface area contributed by atoms with Crippen molar-refractivity contribution in [3.05, 3.63) is 51.0 Å². The first-order chi connectivity index (χ1) is 12.3. The average Bonchev–Trinajstić information content (AvgIpc) is 2.62. The predicted octanol–water partition coefficient (Wildman–Crippen LogP) is 4.22. The number of halogens is 2. The summed E-state index contributed by atoms with van der Waals surface area (Å²) in [7, 11) is 2.87. The van der Waals surface area contributed by atoms with E-state index in [1.54, 1.807) is 12.1 Å². The number of nitrogens with one attached hydrogen (secondary N) is 1. The summed E-state index contributed by atoms with van der Waals surface area (Å²) in [6.45, 7) is 1.47. The van der Waals surface area contributed by atoms with E-state index in [9.17, 15) is 9.59 Å². The van der Waals surface area contributed by atoms with E-state index in [-0.39, 0.29) is 10.6 Å². The molecular formula is C18H17BrClNO5.